The number of hydrogen-bond acceptors (Lipinski definition) is 4. The van der Waals surface area contributed by atoms with Crippen LogP contribution in [0, 0.1) is 22.0 Å². The van der Waals surface area contributed by atoms with Gasteiger partial charge in [-0.2, -0.15) is 0 Å². The zero-order valence-corrected chi connectivity index (χ0v) is 10.6. The average molecular weight is 249 g/mol. The fourth-order valence-electron chi connectivity index (χ4n) is 2.49. The van der Waals surface area contributed by atoms with Gasteiger partial charge in [0.1, 0.15) is 0 Å². The summed E-state index contributed by atoms with van der Waals surface area (Å²) in [6.07, 6.45) is 1.09. The SMILES string of the molecule is CC1CCN(c2cccc([N+](=O)[O-])c2)CC1CN. The van der Waals surface area contributed by atoms with Crippen molar-refractivity contribution in [2.24, 2.45) is 17.6 Å². The van der Waals surface area contributed by atoms with E-state index in [1.165, 1.54) is 6.07 Å². The minimum Gasteiger partial charge on any atom is -0.371 e. The van der Waals surface area contributed by atoms with Crippen LogP contribution in [0.15, 0.2) is 24.3 Å². The number of anilines is 1. The van der Waals surface area contributed by atoms with E-state index in [-0.39, 0.29) is 10.6 Å². The van der Waals surface area contributed by atoms with E-state index in [1.54, 1.807) is 12.1 Å². The van der Waals surface area contributed by atoms with Gasteiger partial charge >= 0.3 is 0 Å². The molecular formula is C13H19N3O2. The number of rotatable bonds is 3. The fourth-order valence-corrected chi connectivity index (χ4v) is 2.49. The monoisotopic (exact) mass is 249 g/mol. The molecule has 5 heteroatoms. The number of non-ortho nitro benzene ring substituents is 1. The minimum absolute atomic E-state index is 0.149. The van der Waals surface area contributed by atoms with E-state index in [2.05, 4.69) is 11.8 Å². The lowest BCUT2D eigenvalue weighted by Crippen LogP contribution is -2.42. The second-order valence-electron chi connectivity index (χ2n) is 4.98. The Hall–Kier alpha value is -1.62. The van der Waals surface area contributed by atoms with Crippen molar-refractivity contribution in [2.75, 3.05) is 24.5 Å². The maximum absolute atomic E-state index is 10.8. The summed E-state index contributed by atoms with van der Waals surface area (Å²) in [5, 5.41) is 10.8. The summed E-state index contributed by atoms with van der Waals surface area (Å²) in [6, 6.07) is 6.83. The van der Waals surface area contributed by atoms with Gasteiger partial charge in [-0.25, -0.2) is 0 Å². The van der Waals surface area contributed by atoms with E-state index >= 15 is 0 Å². The van der Waals surface area contributed by atoms with Crippen LogP contribution in [-0.4, -0.2) is 24.6 Å². The highest BCUT2D eigenvalue weighted by Gasteiger charge is 2.25. The van der Waals surface area contributed by atoms with Crippen molar-refractivity contribution >= 4 is 11.4 Å². The molecule has 1 aliphatic rings. The number of nitrogens with two attached hydrogens (primary N) is 1. The molecule has 5 nitrogen and oxygen atoms in total. The van der Waals surface area contributed by atoms with Gasteiger partial charge in [-0.15, -0.1) is 0 Å². The number of piperidine rings is 1. The van der Waals surface area contributed by atoms with Crippen molar-refractivity contribution in [2.45, 2.75) is 13.3 Å². The van der Waals surface area contributed by atoms with E-state index in [1.807, 2.05) is 6.07 Å². The van der Waals surface area contributed by atoms with Gasteiger partial charge in [0.05, 0.1) is 4.92 Å². The first-order valence-electron chi connectivity index (χ1n) is 6.31. The first-order chi connectivity index (χ1) is 8.61. The maximum atomic E-state index is 10.8. The van der Waals surface area contributed by atoms with E-state index < -0.39 is 0 Å². The fraction of sp³-hybridized carbons (Fsp3) is 0.538. The van der Waals surface area contributed by atoms with Crippen LogP contribution in [0.1, 0.15) is 13.3 Å². The summed E-state index contributed by atoms with van der Waals surface area (Å²) in [5.41, 5.74) is 6.85. The van der Waals surface area contributed by atoms with E-state index in [0.29, 0.717) is 18.4 Å². The van der Waals surface area contributed by atoms with E-state index in [9.17, 15) is 10.1 Å². The Morgan fingerprint density at radius 2 is 2.33 bits per heavy atom. The van der Waals surface area contributed by atoms with Crippen LogP contribution in [0.2, 0.25) is 0 Å². The molecule has 2 rings (SSSR count). The summed E-state index contributed by atoms with van der Waals surface area (Å²) >= 11 is 0. The molecule has 0 radical (unpaired) electrons. The van der Waals surface area contributed by atoms with E-state index in [4.69, 9.17) is 5.73 Å². The molecule has 2 atom stereocenters. The van der Waals surface area contributed by atoms with Gasteiger partial charge in [-0.1, -0.05) is 13.0 Å². The summed E-state index contributed by atoms with van der Waals surface area (Å²) in [4.78, 5) is 12.6. The lowest BCUT2D eigenvalue weighted by atomic mass is 9.87. The molecule has 0 amide bonds. The molecule has 1 saturated heterocycles. The predicted molar refractivity (Wildman–Crippen MR) is 71.6 cm³/mol. The van der Waals surface area contributed by atoms with Crippen LogP contribution in [0.4, 0.5) is 11.4 Å². The molecule has 1 aromatic rings. The molecule has 0 bridgehead atoms. The highest BCUT2D eigenvalue weighted by Crippen LogP contribution is 2.28. The lowest BCUT2D eigenvalue weighted by molar-refractivity contribution is -0.384. The summed E-state index contributed by atoms with van der Waals surface area (Å²) in [5.74, 6) is 1.10. The van der Waals surface area contributed by atoms with Gasteiger partial charge < -0.3 is 10.6 Å². The molecule has 1 aromatic carbocycles. The van der Waals surface area contributed by atoms with Gasteiger partial charge in [0.2, 0.25) is 0 Å². The Bertz CT molecular complexity index is 436. The number of nitro groups is 1. The first-order valence-corrected chi connectivity index (χ1v) is 6.31. The van der Waals surface area contributed by atoms with Gasteiger partial charge in [0, 0.05) is 30.9 Å². The molecule has 0 saturated carbocycles. The molecule has 2 unspecified atom stereocenters. The van der Waals surface area contributed by atoms with Gasteiger partial charge in [-0.3, -0.25) is 10.1 Å². The van der Waals surface area contributed by atoms with Crippen LogP contribution >= 0.6 is 0 Å². The largest absolute Gasteiger partial charge is 0.371 e. The first kappa shape index (κ1) is 12.8. The van der Waals surface area contributed by atoms with Crippen LogP contribution in [-0.2, 0) is 0 Å². The van der Waals surface area contributed by atoms with Crippen molar-refractivity contribution in [3.63, 3.8) is 0 Å². The average Bonchev–Trinajstić information content (AvgIpc) is 2.39. The van der Waals surface area contributed by atoms with Crippen LogP contribution in [0.25, 0.3) is 0 Å². The molecule has 2 N–H and O–H groups in total. The molecule has 98 valence electrons. The molecule has 0 spiro atoms. The summed E-state index contributed by atoms with van der Waals surface area (Å²) in [7, 11) is 0. The Kier molecular flexibility index (Phi) is 3.81. The standard InChI is InChI=1S/C13H19N3O2/c1-10-5-6-15(9-11(10)8-14)12-3-2-4-13(7-12)16(17)18/h2-4,7,10-11H,5-6,8-9,14H2,1H3. The van der Waals surface area contributed by atoms with Crippen molar-refractivity contribution in [1.82, 2.24) is 0 Å². The summed E-state index contributed by atoms with van der Waals surface area (Å²) < 4.78 is 0. The van der Waals surface area contributed by atoms with Crippen molar-refractivity contribution in [1.29, 1.82) is 0 Å². The van der Waals surface area contributed by atoms with Gasteiger partial charge in [-0.05, 0) is 30.9 Å². The Morgan fingerprint density at radius 1 is 1.56 bits per heavy atom. The zero-order valence-electron chi connectivity index (χ0n) is 10.6. The van der Waals surface area contributed by atoms with Gasteiger partial charge in [0.15, 0.2) is 0 Å². The maximum Gasteiger partial charge on any atom is 0.271 e. The minimum atomic E-state index is -0.351. The topological polar surface area (TPSA) is 72.4 Å². The molecule has 1 aliphatic heterocycles. The quantitative estimate of drug-likeness (QED) is 0.657. The third kappa shape index (κ3) is 2.61. The number of nitro benzene ring substituents is 1. The van der Waals surface area contributed by atoms with E-state index in [0.717, 1.165) is 25.2 Å². The van der Waals surface area contributed by atoms with Crippen LogP contribution in [0.3, 0.4) is 0 Å². The van der Waals surface area contributed by atoms with Crippen molar-refractivity contribution < 1.29 is 4.92 Å². The molecular weight excluding hydrogens is 230 g/mol. The summed E-state index contributed by atoms with van der Waals surface area (Å²) in [6.45, 7) is 4.73. The Balaban J connectivity index is 2.16. The highest BCUT2D eigenvalue weighted by molar-refractivity contribution is 5.53. The molecule has 1 fully saturated rings. The molecule has 1 heterocycles. The third-order valence-corrected chi connectivity index (χ3v) is 3.82. The smallest absolute Gasteiger partial charge is 0.271 e. The highest BCUT2D eigenvalue weighted by atomic mass is 16.6. The van der Waals surface area contributed by atoms with Gasteiger partial charge in [0.25, 0.3) is 5.69 Å². The molecule has 18 heavy (non-hydrogen) atoms. The zero-order chi connectivity index (χ0) is 13.1. The Labute approximate surface area is 107 Å². The normalized spacial score (nSPS) is 24.0. The molecule has 0 aromatic heterocycles. The second kappa shape index (κ2) is 5.35. The van der Waals surface area contributed by atoms with Crippen LogP contribution in [0.5, 0.6) is 0 Å². The molecule has 0 aliphatic carbocycles. The van der Waals surface area contributed by atoms with Crippen molar-refractivity contribution in [3.05, 3.63) is 34.4 Å². The number of benzene rings is 1. The number of nitrogens with zero attached hydrogens (tertiary/aromatic N) is 2. The van der Waals surface area contributed by atoms with Crippen molar-refractivity contribution in [3.8, 4) is 0 Å². The predicted octanol–water partition coefficient (Wildman–Crippen LogP) is 2.02. The second-order valence-corrected chi connectivity index (χ2v) is 4.98. The number of hydrogen-bond donors (Lipinski definition) is 1. The third-order valence-electron chi connectivity index (χ3n) is 3.82. The van der Waals surface area contributed by atoms with Crippen LogP contribution < -0.4 is 10.6 Å². The lowest BCUT2D eigenvalue weighted by Gasteiger charge is -2.37. The Morgan fingerprint density at radius 3 is 3.00 bits per heavy atom.